The molecule has 74 valence electrons. The SMILES string of the molecule is CCc1ccc(N2CCCC2=O)cn1. The first kappa shape index (κ1) is 9.19. The van der Waals surface area contributed by atoms with Crippen molar-refractivity contribution in [2.75, 3.05) is 11.4 Å². The van der Waals surface area contributed by atoms with Crippen molar-refractivity contribution >= 4 is 11.6 Å². The first-order valence-corrected chi connectivity index (χ1v) is 5.06. The average molecular weight is 190 g/mol. The number of aryl methyl sites for hydroxylation is 1. The van der Waals surface area contributed by atoms with Crippen LogP contribution in [0, 0.1) is 0 Å². The van der Waals surface area contributed by atoms with Gasteiger partial charge in [0.05, 0.1) is 11.9 Å². The van der Waals surface area contributed by atoms with E-state index in [0.717, 1.165) is 30.8 Å². The first-order valence-electron chi connectivity index (χ1n) is 5.06. The number of carbonyl (C=O) groups excluding carboxylic acids is 1. The second-order valence-corrected chi connectivity index (χ2v) is 3.51. The zero-order valence-corrected chi connectivity index (χ0v) is 8.36. The molecule has 0 atom stereocenters. The van der Waals surface area contributed by atoms with Crippen molar-refractivity contribution in [3.05, 3.63) is 24.0 Å². The lowest BCUT2D eigenvalue weighted by molar-refractivity contribution is -0.117. The number of anilines is 1. The number of nitrogens with zero attached hydrogens (tertiary/aromatic N) is 2. The Morgan fingerprint density at radius 1 is 1.50 bits per heavy atom. The second-order valence-electron chi connectivity index (χ2n) is 3.51. The molecule has 2 heterocycles. The molecule has 14 heavy (non-hydrogen) atoms. The lowest BCUT2D eigenvalue weighted by atomic mass is 10.3. The number of carbonyl (C=O) groups is 1. The summed E-state index contributed by atoms with van der Waals surface area (Å²) >= 11 is 0. The number of rotatable bonds is 2. The maximum absolute atomic E-state index is 11.4. The summed E-state index contributed by atoms with van der Waals surface area (Å²) in [5, 5.41) is 0. The van der Waals surface area contributed by atoms with E-state index >= 15 is 0 Å². The van der Waals surface area contributed by atoms with Crippen LogP contribution in [-0.2, 0) is 11.2 Å². The molecule has 1 aliphatic rings. The number of hydrogen-bond donors (Lipinski definition) is 0. The van der Waals surface area contributed by atoms with Crippen molar-refractivity contribution in [3.8, 4) is 0 Å². The van der Waals surface area contributed by atoms with Crippen molar-refractivity contribution in [2.45, 2.75) is 26.2 Å². The molecule has 1 fully saturated rings. The van der Waals surface area contributed by atoms with E-state index in [9.17, 15) is 4.79 Å². The highest BCUT2D eigenvalue weighted by molar-refractivity contribution is 5.95. The minimum absolute atomic E-state index is 0.219. The molecule has 0 saturated carbocycles. The Bertz CT molecular complexity index is 332. The van der Waals surface area contributed by atoms with Gasteiger partial charge in [-0.25, -0.2) is 0 Å². The molecule has 0 aromatic carbocycles. The summed E-state index contributed by atoms with van der Waals surface area (Å²) < 4.78 is 0. The molecule has 1 saturated heterocycles. The van der Waals surface area contributed by atoms with Gasteiger partial charge in [0.25, 0.3) is 0 Å². The Labute approximate surface area is 83.8 Å². The fourth-order valence-corrected chi connectivity index (χ4v) is 1.71. The second kappa shape index (κ2) is 3.78. The summed E-state index contributed by atoms with van der Waals surface area (Å²) in [4.78, 5) is 17.5. The van der Waals surface area contributed by atoms with Crippen LogP contribution in [0.1, 0.15) is 25.5 Å². The molecule has 1 aliphatic heterocycles. The van der Waals surface area contributed by atoms with E-state index in [1.165, 1.54) is 0 Å². The van der Waals surface area contributed by atoms with Crippen molar-refractivity contribution < 1.29 is 4.79 Å². The van der Waals surface area contributed by atoms with E-state index in [-0.39, 0.29) is 5.91 Å². The fourth-order valence-electron chi connectivity index (χ4n) is 1.71. The zero-order valence-electron chi connectivity index (χ0n) is 8.36. The van der Waals surface area contributed by atoms with Crippen LogP contribution in [0.15, 0.2) is 18.3 Å². The van der Waals surface area contributed by atoms with Gasteiger partial charge in [-0.1, -0.05) is 6.92 Å². The number of hydrogen-bond acceptors (Lipinski definition) is 2. The predicted molar refractivity (Wildman–Crippen MR) is 55.2 cm³/mol. The van der Waals surface area contributed by atoms with Crippen molar-refractivity contribution in [2.24, 2.45) is 0 Å². The Balaban J connectivity index is 2.20. The summed E-state index contributed by atoms with van der Waals surface area (Å²) in [6, 6.07) is 3.97. The van der Waals surface area contributed by atoms with Gasteiger partial charge in [-0.3, -0.25) is 9.78 Å². The molecule has 3 nitrogen and oxygen atoms in total. The van der Waals surface area contributed by atoms with Gasteiger partial charge in [0.2, 0.25) is 5.91 Å². The molecule has 0 aliphatic carbocycles. The smallest absolute Gasteiger partial charge is 0.227 e. The molecule has 1 aromatic rings. The Kier molecular flexibility index (Phi) is 2.48. The van der Waals surface area contributed by atoms with E-state index in [2.05, 4.69) is 11.9 Å². The third-order valence-corrected chi connectivity index (χ3v) is 2.56. The molecule has 2 rings (SSSR count). The van der Waals surface area contributed by atoms with Crippen LogP contribution in [0.2, 0.25) is 0 Å². The molecule has 0 radical (unpaired) electrons. The highest BCUT2D eigenvalue weighted by atomic mass is 16.2. The standard InChI is InChI=1S/C11H14N2O/c1-2-9-5-6-10(8-12-9)13-7-3-4-11(13)14/h5-6,8H,2-4,7H2,1H3. The molecule has 0 N–H and O–H groups in total. The van der Waals surface area contributed by atoms with Crippen molar-refractivity contribution in [1.29, 1.82) is 0 Å². The van der Waals surface area contributed by atoms with E-state index in [1.807, 2.05) is 17.0 Å². The maximum Gasteiger partial charge on any atom is 0.227 e. The molecule has 3 heteroatoms. The molecule has 0 spiro atoms. The summed E-state index contributed by atoms with van der Waals surface area (Å²) in [5.41, 5.74) is 2.00. The van der Waals surface area contributed by atoms with Crippen LogP contribution in [0.3, 0.4) is 0 Å². The third kappa shape index (κ3) is 1.62. The van der Waals surface area contributed by atoms with E-state index in [0.29, 0.717) is 6.42 Å². The average Bonchev–Trinajstić information content (AvgIpc) is 2.65. The van der Waals surface area contributed by atoms with Crippen molar-refractivity contribution in [3.63, 3.8) is 0 Å². The maximum atomic E-state index is 11.4. The third-order valence-electron chi connectivity index (χ3n) is 2.56. The quantitative estimate of drug-likeness (QED) is 0.712. The van der Waals surface area contributed by atoms with Gasteiger partial charge in [0.15, 0.2) is 0 Å². The highest BCUT2D eigenvalue weighted by Crippen LogP contribution is 2.20. The summed E-state index contributed by atoms with van der Waals surface area (Å²) in [7, 11) is 0. The zero-order chi connectivity index (χ0) is 9.97. The number of pyridine rings is 1. The molecule has 0 unspecified atom stereocenters. The summed E-state index contributed by atoms with van der Waals surface area (Å²) in [6.07, 6.45) is 4.38. The van der Waals surface area contributed by atoms with Crippen LogP contribution in [-0.4, -0.2) is 17.4 Å². The van der Waals surface area contributed by atoms with Gasteiger partial charge in [0.1, 0.15) is 0 Å². The number of amides is 1. The van der Waals surface area contributed by atoms with E-state index < -0.39 is 0 Å². The topological polar surface area (TPSA) is 33.2 Å². The summed E-state index contributed by atoms with van der Waals surface area (Å²) in [5.74, 6) is 0.219. The molecule has 0 bridgehead atoms. The van der Waals surface area contributed by atoms with Gasteiger partial charge in [-0.15, -0.1) is 0 Å². The minimum Gasteiger partial charge on any atom is -0.311 e. The first-order chi connectivity index (χ1) is 6.81. The molecular formula is C11H14N2O. The van der Waals surface area contributed by atoms with Gasteiger partial charge in [-0.2, -0.15) is 0 Å². The fraction of sp³-hybridized carbons (Fsp3) is 0.455. The lowest BCUT2D eigenvalue weighted by Crippen LogP contribution is -2.23. The summed E-state index contributed by atoms with van der Waals surface area (Å²) in [6.45, 7) is 2.91. The van der Waals surface area contributed by atoms with Crippen LogP contribution in [0.25, 0.3) is 0 Å². The highest BCUT2D eigenvalue weighted by Gasteiger charge is 2.21. The van der Waals surface area contributed by atoms with Gasteiger partial charge in [0, 0.05) is 18.7 Å². The van der Waals surface area contributed by atoms with E-state index in [4.69, 9.17) is 0 Å². The lowest BCUT2D eigenvalue weighted by Gasteiger charge is -2.14. The Hall–Kier alpha value is -1.38. The number of aromatic nitrogens is 1. The monoisotopic (exact) mass is 190 g/mol. The van der Waals surface area contributed by atoms with Crippen LogP contribution >= 0.6 is 0 Å². The molecule has 1 aromatic heterocycles. The predicted octanol–water partition coefficient (Wildman–Crippen LogP) is 1.77. The largest absolute Gasteiger partial charge is 0.311 e. The van der Waals surface area contributed by atoms with Crippen molar-refractivity contribution in [1.82, 2.24) is 4.98 Å². The molecule has 1 amide bonds. The minimum atomic E-state index is 0.219. The Morgan fingerprint density at radius 2 is 2.36 bits per heavy atom. The van der Waals surface area contributed by atoms with Gasteiger partial charge in [-0.05, 0) is 25.0 Å². The van der Waals surface area contributed by atoms with E-state index in [1.54, 1.807) is 6.20 Å². The van der Waals surface area contributed by atoms with Crippen LogP contribution < -0.4 is 4.90 Å². The van der Waals surface area contributed by atoms with Gasteiger partial charge < -0.3 is 4.90 Å². The van der Waals surface area contributed by atoms with Crippen LogP contribution in [0.5, 0.6) is 0 Å². The Morgan fingerprint density at radius 3 is 2.86 bits per heavy atom. The van der Waals surface area contributed by atoms with Gasteiger partial charge >= 0.3 is 0 Å². The van der Waals surface area contributed by atoms with Crippen LogP contribution in [0.4, 0.5) is 5.69 Å². The normalized spacial score (nSPS) is 16.4. The molecular weight excluding hydrogens is 176 g/mol.